The Hall–Kier alpha value is -1.26. The number of benzene rings is 1. The molecule has 1 aliphatic rings. The van der Waals surface area contributed by atoms with E-state index in [1.54, 1.807) is 0 Å². The first kappa shape index (κ1) is 14.7. The van der Waals surface area contributed by atoms with E-state index in [-0.39, 0.29) is 0 Å². The van der Waals surface area contributed by atoms with Gasteiger partial charge in [0.05, 0.1) is 0 Å². The first-order valence-electron chi connectivity index (χ1n) is 7.47. The van der Waals surface area contributed by atoms with Crippen LogP contribution in [-0.4, -0.2) is 22.6 Å². The largest absolute Gasteiger partial charge is 0.314 e. The van der Waals surface area contributed by atoms with Crippen molar-refractivity contribution in [2.75, 3.05) is 6.54 Å². The molecule has 4 heteroatoms. The Bertz CT molecular complexity index is 627. The van der Waals surface area contributed by atoms with Crippen molar-refractivity contribution in [2.24, 2.45) is 0 Å². The Morgan fingerprint density at radius 2 is 1.90 bits per heavy atom. The maximum Gasteiger partial charge on any atom is 0.159 e. The highest BCUT2D eigenvalue weighted by Crippen LogP contribution is 2.23. The predicted molar refractivity (Wildman–Crippen MR) is 89.4 cm³/mol. The molecule has 0 amide bonds. The minimum Gasteiger partial charge on any atom is -0.314 e. The van der Waals surface area contributed by atoms with E-state index in [1.165, 1.54) is 18.4 Å². The SMILES string of the molecule is Cc1nc(-c2cccc(Br)c2)nc(C)c1CCNC1CC1. The van der Waals surface area contributed by atoms with Crippen molar-refractivity contribution in [3.05, 3.63) is 45.7 Å². The second-order valence-corrected chi connectivity index (χ2v) is 6.60. The number of hydrogen-bond acceptors (Lipinski definition) is 3. The van der Waals surface area contributed by atoms with E-state index in [2.05, 4.69) is 41.2 Å². The van der Waals surface area contributed by atoms with Gasteiger partial charge >= 0.3 is 0 Å². The highest BCUT2D eigenvalue weighted by atomic mass is 79.9. The zero-order chi connectivity index (χ0) is 14.8. The number of aromatic nitrogens is 2. The van der Waals surface area contributed by atoms with Crippen LogP contribution in [0.25, 0.3) is 11.4 Å². The van der Waals surface area contributed by atoms with E-state index in [0.29, 0.717) is 0 Å². The van der Waals surface area contributed by atoms with E-state index in [4.69, 9.17) is 9.97 Å². The highest BCUT2D eigenvalue weighted by molar-refractivity contribution is 9.10. The van der Waals surface area contributed by atoms with Crippen molar-refractivity contribution < 1.29 is 0 Å². The summed E-state index contributed by atoms with van der Waals surface area (Å²) >= 11 is 3.50. The van der Waals surface area contributed by atoms with E-state index < -0.39 is 0 Å². The van der Waals surface area contributed by atoms with Crippen LogP contribution in [0, 0.1) is 13.8 Å². The van der Waals surface area contributed by atoms with Gasteiger partial charge in [0.15, 0.2) is 5.82 Å². The minimum atomic E-state index is 0.757. The molecule has 0 radical (unpaired) electrons. The fourth-order valence-electron chi connectivity index (χ4n) is 2.55. The van der Waals surface area contributed by atoms with Crippen LogP contribution < -0.4 is 5.32 Å². The van der Waals surface area contributed by atoms with Gasteiger partial charge in [-0.2, -0.15) is 0 Å². The molecule has 1 saturated carbocycles. The smallest absolute Gasteiger partial charge is 0.159 e. The Labute approximate surface area is 134 Å². The lowest BCUT2D eigenvalue weighted by Crippen LogP contribution is -2.20. The number of nitrogens with one attached hydrogen (secondary N) is 1. The molecule has 3 rings (SSSR count). The summed E-state index contributed by atoms with van der Waals surface area (Å²) in [6.07, 6.45) is 3.67. The lowest BCUT2D eigenvalue weighted by molar-refractivity contribution is 0.675. The van der Waals surface area contributed by atoms with Crippen LogP contribution in [-0.2, 0) is 6.42 Å². The lowest BCUT2D eigenvalue weighted by atomic mass is 10.1. The Morgan fingerprint density at radius 3 is 2.52 bits per heavy atom. The summed E-state index contributed by atoms with van der Waals surface area (Å²) in [6, 6.07) is 8.89. The third-order valence-corrected chi connectivity index (χ3v) is 4.38. The standard InChI is InChI=1S/C17H20BrN3/c1-11-16(8-9-19-15-6-7-15)12(2)21-17(20-11)13-4-3-5-14(18)10-13/h3-5,10,15,19H,6-9H2,1-2H3. The summed E-state index contributed by atoms with van der Waals surface area (Å²) in [7, 11) is 0. The van der Waals surface area contributed by atoms with Crippen LogP contribution in [0.3, 0.4) is 0 Å². The molecule has 0 bridgehead atoms. The predicted octanol–water partition coefficient (Wildman–Crippen LogP) is 3.82. The Kier molecular flexibility index (Phi) is 4.36. The van der Waals surface area contributed by atoms with Crippen LogP contribution >= 0.6 is 15.9 Å². The van der Waals surface area contributed by atoms with Crippen LogP contribution in [0.2, 0.25) is 0 Å². The lowest BCUT2D eigenvalue weighted by Gasteiger charge is -2.11. The summed E-state index contributed by atoms with van der Waals surface area (Å²) in [5.41, 5.74) is 4.52. The van der Waals surface area contributed by atoms with Gasteiger partial charge in [0.25, 0.3) is 0 Å². The van der Waals surface area contributed by atoms with Crippen molar-refractivity contribution in [2.45, 2.75) is 39.2 Å². The highest BCUT2D eigenvalue weighted by Gasteiger charge is 2.20. The molecule has 1 fully saturated rings. The van der Waals surface area contributed by atoms with Gasteiger partial charge in [-0.1, -0.05) is 28.1 Å². The number of hydrogen-bond donors (Lipinski definition) is 1. The molecular weight excluding hydrogens is 326 g/mol. The van der Waals surface area contributed by atoms with Gasteiger partial charge in [-0.25, -0.2) is 9.97 Å². The zero-order valence-electron chi connectivity index (χ0n) is 12.5. The van der Waals surface area contributed by atoms with Crippen molar-refractivity contribution in [3.63, 3.8) is 0 Å². The molecule has 1 aliphatic carbocycles. The zero-order valence-corrected chi connectivity index (χ0v) is 14.1. The first-order chi connectivity index (χ1) is 10.1. The summed E-state index contributed by atoms with van der Waals surface area (Å²) in [5.74, 6) is 0.810. The molecule has 0 spiro atoms. The van der Waals surface area contributed by atoms with Crippen LogP contribution in [0.1, 0.15) is 29.8 Å². The molecule has 3 nitrogen and oxygen atoms in total. The molecule has 1 aromatic carbocycles. The normalized spacial score (nSPS) is 14.4. The molecule has 1 aromatic heterocycles. The molecule has 0 aliphatic heterocycles. The number of halogens is 1. The van der Waals surface area contributed by atoms with E-state index in [0.717, 1.165) is 46.3 Å². The molecule has 1 N–H and O–H groups in total. The van der Waals surface area contributed by atoms with Gasteiger partial charge in [0.1, 0.15) is 0 Å². The summed E-state index contributed by atoms with van der Waals surface area (Å²) in [4.78, 5) is 9.40. The molecule has 0 atom stereocenters. The third kappa shape index (κ3) is 3.69. The van der Waals surface area contributed by atoms with E-state index >= 15 is 0 Å². The topological polar surface area (TPSA) is 37.8 Å². The number of aryl methyl sites for hydroxylation is 2. The molecule has 2 aromatic rings. The van der Waals surface area contributed by atoms with Crippen LogP contribution in [0.5, 0.6) is 0 Å². The average molecular weight is 346 g/mol. The number of nitrogens with zero attached hydrogens (tertiary/aromatic N) is 2. The van der Waals surface area contributed by atoms with E-state index in [1.807, 2.05) is 18.2 Å². The second kappa shape index (κ2) is 6.24. The van der Waals surface area contributed by atoms with Gasteiger partial charge < -0.3 is 5.32 Å². The van der Waals surface area contributed by atoms with Crippen molar-refractivity contribution in [1.82, 2.24) is 15.3 Å². The molecule has 110 valence electrons. The molecular formula is C17H20BrN3. The van der Waals surface area contributed by atoms with Gasteiger partial charge in [-0.05, 0) is 57.4 Å². The van der Waals surface area contributed by atoms with Gasteiger partial charge in [-0.3, -0.25) is 0 Å². The monoisotopic (exact) mass is 345 g/mol. The van der Waals surface area contributed by atoms with E-state index in [9.17, 15) is 0 Å². The minimum absolute atomic E-state index is 0.757. The Balaban J connectivity index is 1.81. The van der Waals surface area contributed by atoms with Gasteiger partial charge in [0, 0.05) is 27.5 Å². The third-order valence-electron chi connectivity index (χ3n) is 3.89. The van der Waals surface area contributed by atoms with Gasteiger partial charge in [0.2, 0.25) is 0 Å². The quantitative estimate of drug-likeness (QED) is 0.894. The van der Waals surface area contributed by atoms with Crippen LogP contribution in [0.4, 0.5) is 0 Å². The fraction of sp³-hybridized carbons (Fsp3) is 0.412. The maximum atomic E-state index is 4.70. The molecule has 1 heterocycles. The molecule has 0 unspecified atom stereocenters. The Morgan fingerprint density at radius 1 is 1.19 bits per heavy atom. The molecule has 0 saturated heterocycles. The fourth-order valence-corrected chi connectivity index (χ4v) is 2.95. The first-order valence-corrected chi connectivity index (χ1v) is 8.26. The maximum absolute atomic E-state index is 4.70. The van der Waals surface area contributed by atoms with Crippen LogP contribution in [0.15, 0.2) is 28.7 Å². The van der Waals surface area contributed by atoms with Crippen molar-refractivity contribution in [1.29, 1.82) is 0 Å². The van der Waals surface area contributed by atoms with Gasteiger partial charge in [-0.15, -0.1) is 0 Å². The summed E-state index contributed by atoms with van der Waals surface area (Å²) in [5, 5.41) is 3.55. The van der Waals surface area contributed by atoms with Crippen molar-refractivity contribution >= 4 is 15.9 Å². The molecule has 21 heavy (non-hydrogen) atoms. The summed E-state index contributed by atoms with van der Waals surface area (Å²) < 4.78 is 1.05. The average Bonchev–Trinajstić information content (AvgIpc) is 3.26. The second-order valence-electron chi connectivity index (χ2n) is 5.69. The van der Waals surface area contributed by atoms with Crippen molar-refractivity contribution in [3.8, 4) is 11.4 Å². The number of rotatable bonds is 5. The summed E-state index contributed by atoms with van der Waals surface area (Å²) in [6.45, 7) is 5.19.